The Morgan fingerprint density at radius 3 is 2.22 bits per heavy atom. The number of aromatic nitrogens is 1. The van der Waals surface area contributed by atoms with Gasteiger partial charge in [-0.3, -0.25) is 9.78 Å². The molecule has 0 aliphatic carbocycles. The van der Waals surface area contributed by atoms with Crippen LogP contribution in [0.3, 0.4) is 0 Å². The minimum Gasteiger partial charge on any atom is -0.461 e. The maximum absolute atomic E-state index is 13.7. The van der Waals surface area contributed by atoms with Crippen LogP contribution in [0.4, 0.5) is 5.69 Å². The van der Waals surface area contributed by atoms with Gasteiger partial charge in [-0.05, 0) is 91.5 Å². The van der Waals surface area contributed by atoms with E-state index in [1.54, 1.807) is 0 Å². The third kappa shape index (κ3) is 8.29. The predicted molar refractivity (Wildman–Crippen MR) is 179 cm³/mol. The lowest BCUT2D eigenvalue weighted by atomic mass is 9.81. The molecule has 45 heavy (non-hydrogen) atoms. The largest absolute Gasteiger partial charge is 0.461 e. The number of carbonyl (C=O) groups excluding carboxylic acids is 2. The Balaban J connectivity index is 0.00000576. The molecule has 1 aromatic heterocycles. The number of rotatable bonds is 9. The van der Waals surface area contributed by atoms with Crippen molar-refractivity contribution >= 4 is 17.6 Å². The molecule has 1 amide bonds. The molecular formula is C37H48N4O4. The quantitative estimate of drug-likeness (QED) is 0.250. The summed E-state index contributed by atoms with van der Waals surface area (Å²) in [5, 5.41) is 12.8. The van der Waals surface area contributed by atoms with Gasteiger partial charge in [-0.15, -0.1) is 0 Å². The van der Waals surface area contributed by atoms with E-state index in [1.165, 1.54) is 0 Å². The Morgan fingerprint density at radius 1 is 1.04 bits per heavy atom. The van der Waals surface area contributed by atoms with Gasteiger partial charge in [-0.2, -0.15) is 5.26 Å². The molecule has 1 atom stereocenters. The minimum atomic E-state index is -1.01. The van der Waals surface area contributed by atoms with Gasteiger partial charge in [0.15, 0.2) is 6.10 Å². The molecule has 2 aromatic carbocycles. The van der Waals surface area contributed by atoms with Gasteiger partial charge >= 0.3 is 5.97 Å². The Hall–Kier alpha value is -4.22. The van der Waals surface area contributed by atoms with Gasteiger partial charge in [0.2, 0.25) is 0 Å². The first-order valence-corrected chi connectivity index (χ1v) is 15.7. The Labute approximate surface area is 269 Å². The summed E-state index contributed by atoms with van der Waals surface area (Å²) >= 11 is 0. The first-order chi connectivity index (χ1) is 21.2. The Kier molecular flexibility index (Phi) is 10.3. The van der Waals surface area contributed by atoms with Crippen LogP contribution < -0.4 is 10.2 Å². The number of ether oxygens (including phenoxy) is 2. The first-order valence-electron chi connectivity index (χ1n) is 15.7. The van der Waals surface area contributed by atoms with Crippen LogP contribution in [0.1, 0.15) is 94.8 Å². The van der Waals surface area contributed by atoms with Crippen LogP contribution in [0.5, 0.6) is 0 Å². The zero-order valence-electron chi connectivity index (χ0n) is 27.9. The van der Waals surface area contributed by atoms with Crippen molar-refractivity contribution in [2.45, 2.75) is 92.6 Å². The van der Waals surface area contributed by atoms with Crippen molar-refractivity contribution in [3.63, 3.8) is 0 Å². The van der Waals surface area contributed by atoms with Crippen molar-refractivity contribution in [2.75, 3.05) is 18.0 Å². The molecule has 2 heterocycles. The standard InChI is InChI=1S/C37H46N4O4.H2/c1-24(2)44-35(43)33(45-36(5,6)7)31-26(4)40-25(3)30(32(31)41-20-18-37(8,23-38)19-21-41)28-14-16-29(17-15-28)34(42)39-22-27-12-10-9-11-13-27;/h9-17,24,33H,18-22H2,1-8H3,(H,39,42);1H/t33-;/m0./s1. The fourth-order valence-electron chi connectivity index (χ4n) is 5.71. The van der Waals surface area contributed by atoms with E-state index in [1.807, 2.05) is 110 Å². The van der Waals surface area contributed by atoms with Crippen LogP contribution in [0.15, 0.2) is 54.6 Å². The van der Waals surface area contributed by atoms with Gasteiger partial charge in [0.05, 0.1) is 28.9 Å². The van der Waals surface area contributed by atoms with E-state index in [0.717, 1.165) is 28.1 Å². The number of nitrogens with zero attached hydrogens (tertiary/aromatic N) is 3. The van der Waals surface area contributed by atoms with Crippen LogP contribution in [-0.4, -0.2) is 41.7 Å². The normalized spacial score (nSPS) is 15.3. The molecule has 0 saturated carbocycles. The molecular weight excluding hydrogens is 564 g/mol. The maximum atomic E-state index is 13.7. The van der Waals surface area contributed by atoms with Gasteiger partial charge < -0.3 is 19.7 Å². The molecule has 1 saturated heterocycles. The summed E-state index contributed by atoms with van der Waals surface area (Å²) in [6, 6.07) is 19.8. The Bertz CT molecular complexity index is 1550. The average Bonchev–Trinajstić information content (AvgIpc) is 2.99. The van der Waals surface area contributed by atoms with Crippen LogP contribution >= 0.6 is 0 Å². The summed E-state index contributed by atoms with van der Waals surface area (Å²) in [5.74, 6) is -0.628. The second-order valence-electron chi connectivity index (χ2n) is 13.4. The van der Waals surface area contributed by atoms with E-state index in [0.29, 0.717) is 49.3 Å². The minimum absolute atomic E-state index is 0. The zero-order chi connectivity index (χ0) is 32.9. The van der Waals surface area contributed by atoms with Crippen molar-refractivity contribution in [1.29, 1.82) is 5.26 Å². The van der Waals surface area contributed by atoms with Gasteiger partial charge in [0.1, 0.15) is 0 Å². The van der Waals surface area contributed by atoms with Gasteiger partial charge in [0.25, 0.3) is 5.91 Å². The van der Waals surface area contributed by atoms with E-state index in [2.05, 4.69) is 16.3 Å². The number of hydrogen-bond acceptors (Lipinski definition) is 7. The van der Waals surface area contributed by atoms with E-state index in [-0.39, 0.29) is 13.4 Å². The lowest BCUT2D eigenvalue weighted by Crippen LogP contribution is -2.40. The highest BCUT2D eigenvalue weighted by Crippen LogP contribution is 2.45. The molecule has 0 spiro atoms. The van der Waals surface area contributed by atoms with Crippen molar-refractivity contribution in [2.24, 2.45) is 5.41 Å². The van der Waals surface area contributed by atoms with E-state index < -0.39 is 23.1 Å². The number of nitriles is 1. The molecule has 8 nitrogen and oxygen atoms in total. The highest BCUT2D eigenvalue weighted by Gasteiger charge is 2.38. The number of hydrogen-bond donors (Lipinski definition) is 1. The summed E-state index contributed by atoms with van der Waals surface area (Å²) in [6.45, 7) is 17.0. The molecule has 0 radical (unpaired) electrons. The lowest BCUT2D eigenvalue weighted by Gasteiger charge is -2.40. The molecule has 0 bridgehead atoms. The molecule has 240 valence electrons. The fourth-order valence-corrected chi connectivity index (χ4v) is 5.71. The predicted octanol–water partition coefficient (Wildman–Crippen LogP) is 7.48. The number of anilines is 1. The van der Waals surface area contributed by atoms with Gasteiger partial charge in [0, 0.05) is 49.1 Å². The average molecular weight is 613 g/mol. The summed E-state index contributed by atoms with van der Waals surface area (Å²) in [7, 11) is 0. The summed E-state index contributed by atoms with van der Waals surface area (Å²) in [5.41, 5.74) is 5.26. The number of amides is 1. The Morgan fingerprint density at radius 2 is 1.67 bits per heavy atom. The van der Waals surface area contributed by atoms with Crippen LogP contribution in [0, 0.1) is 30.6 Å². The number of nitrogens with one attached hydrogen (secondary N) is 1. The maximum Gasteiger partial charge on any atom is 0.340 e. The first kappa shape index (κ1) is 33.7. The molecule has 1 aliphatic heterocycles. The number of esters is 1. The zero-order valence-corrected chi connectivity index (χ0v) is 27.9. The monoisotopic (exact) mass is 612 g/mol. The second kappa shape index (κ2) is 13.8. The van der Waals surface area contributed by atoms with Crippen LogP contribution in [0.25, 0.3) is 11.1 Å². The fraction of sp³-hybridized carbons (Fsp3) is 0.459. The molecule has 8 heteroatoms. The molecule has 1 aliphatic rings. The van der Waals surface area contributed by atoms with Gasteiger partial charge in [-0.25, -0.2) is 4.79 Å². The summed E-state index contributed by atoms with van der Waals surface area (Å²) < 4.78 is 12.2. The number of aryl methyl sites for hydroxylation is 2. The second-order valence-corrected chi connectivity index (χ2v) is 13.4. The third-order valence-electron chi connectivity index (χ3n) is 8.06. The molecule has 1 fully saturated rings. The van der Waals surface area contributed by atoms with E-state index in [4.69, 9.17) is 14.5 Å². The van der Waals surface area contributed by atoms with Crippen LogP contribution in [-0.2, 0) is 20.8 Å². The smallest absolute Gasteiger partial charge is 0.340 e. The number of piperidine rings is 1. The van der Waals surface area contributed by atoms with Crippen molar-refractivity contribution in [1.82, 2.24) is 10.3 Å². The van der Waals surface area contributed by atoms with Crippen molar-refractivity contribution in [3.05, 3.63) is 82.7 Å². The van der Waals surface area contributed by atoms with Crippen LogP contribution in [0.2, 0.25) is 0 Å². The molecule has 1 N–H and O–H groups in total. The molecule has 0 unspecified atom stereocenters. The lowest BCUT2D eigenvalue weighted by molar-refractivity contribution is -0.171. The third-order valence-corrected chi connectivity index (χ3v) is 8.06. The van der Waals surface area contributed by atoms with Crippen molar-refractivity contribution < 1.29 is 20.5 Å². The van der Waals surface area contributed by atoms with E-state index in [9.17, 15) is 14.9 Å². The summed E-state index contributed by atoms with van der Waals surface area (Å²) in [6.07, 6.45) is 0.0356. The number of pyridine rings is 1. The summed E-state index contributed by atoms with van der Waals surface area (Å²) in [4.78, 5) is 33.9. The van der Waals surface area contributed by atoms with E-state index >= 15 is 0 Å². The highest BCUT2D eigenvalue weighted by atomic mass is 16.6. The van der Waals surface area contributed by atoms with Crippen molar-refractivity contribution in [3.8, 4) is 17.2 Å². The topological polar surface area (TPSA) is 105 Å². The molecule has 3 aromatic rings. The number of carbonyl (C=O) groups is 2. The SMILES string of the molecule is Cc1nc(C)c([C@H](OC(C)(C)C)C(=O)OC(C)C)c(N2CCC(C)(C#N)CC2)c1-c1ccc(C(=O)NCc2ccccc2)cc1.[HH]. The number of benzene rings is 2. The van der Waals surface area contributed by atoms with Gasteiger partial charge in [-0.1, -0.05) is 42.5 Å². The highest BCUT2D eigenvalue weighted by molar-refractivity contribution is 5.95. The molecule has 4 rings (SSSR count).